The zero-order chi connectivity index (χ0) is 11.6. The molecule has 0 saturated heterocycles. The van der Waals surface area contributed by atoms with Gasteiger partial charge in [-0.25, -0.2) is 0 Å². The average molecular weight is 286 g/mol. The van der Waals surface area contributed by atoms with Crippen molar-refractivity contribution in [2.45, 2.75) is 25.5 Å². The summed E-state index contributed by atoms with van der Waals surface area (Å²) in [6, 6.07) is 5.88. The Hall–Kier alpha value is -0.740. The summed E-state index contributed by atoms with van der Waals surface area (Å²) in [5, 5.41) is 3.42. The molecule has 0 amide bonds. The van der Waals surface area contributed by atoms with Crippen molar-refractivity contribution in [1.82, 2.24) is 0 Å². The summed E-state index contributed by atoms with van der Waals surface area (Å²) in [5.41, 5.74) is 0.870. The van der Waals surface area contributed by atoms with Crippen molar-refractivity contribution in [2.75, 3.05) is 19.0 Å². The topological polar surface area (TPSA) is 30.5 Å². The van der Waals surface area contributed by atoms with Crippen molar-refractivity contribution in [3.8, 4) is 5.75 Å². The molecule has 0 unspecified atom stereocenters. The van der Waals surface area contributed by atoms with E-state index in [9.17, 15) is 0 Å². The van der Waals surface area contributed by atoms with Crippen LogP contribution in [0.2, 0.25) is 0 Å². The van der Waals surface area contributed by atoms with Crippen molar-refractivity contribution in [3.63, 3.8) is 0 Å². The zero-order valence-electron chi connectivity index (χ0n) is 9.55. The Balaban J connectivity index is 2.14. The summed E-state index contributed by atoms with van der Waals surface area (Å²) in [7, 11) is 1.67. The van der Waals surface area contributed by atoms with Crippen LogP contribution >= 0.6 is 15.9 Å². The van der Waals surface area contributed by atoms with Gasteiger partial charge in [0.15, 0.2) is 0 Å². The molecule has 3 nitrogen and oxygen atoms in total. The molecule has 4 heteroatoms. The van der Waals surface area contributed by atoms with Crippen LogP contribution in [0.5, 0.6) is 5.75 Å². The second-order valence-electron chi connectivity index (χ2n) is 3.90. The molecule has 16 heavy (non-hydrogen) atoms. The highest BCUT2D eigenvalue weighted by Crippen LogP contribution is 2.42. The largest absolute Gasteiger partial charge is 0.497 e. The van der Waals surface area contributed by atoms with Crippen molar-refractivity contribution < 1.29 is 9.47 Å². The van der Waals surface area contributed by atoms with Crippen LogP contribution in [0.1, 0.15) is 19.8 Å². The third-order valence-electron chi connectivity index (χ3n) is 2.66. The average Bonchev–Trinajstić information content (AvgIpc) is 3.02. The molecule has 2 rings (SSSR count). The fraction of sp³-hybridized carbons (Fsp3) is 0.500. The Morgan fingerprint density at radius 3 is 2.75 bits per heavy atom. The Bertz CT molecular complexity index is 377. The summed E-state index contributed by atoms with van der Waals surface area (Å²) in [6.07, 6.45) is 2.12. The van der Waals surface area contributed by atoms with Crippen molar-refractivity contribution in [1.29, 1.82) is 0 Å². The lowest BCUT2D eigenvalue weighted by molar-refractivity contribution is 0.0631. The highest BCUT2D eigenvalue weighted by atomic mass is 79.9. The number of hydrogen-bond acceptors (Lipinski definition) is 3. The van der Waals surface area contributed by atoms with E-state index in [2.05, 4.69) is 21.2 Å². The molecule has 0 radical (unpaired) electrons. The van der Waals surface area contributed by atoms with Gasteiger partial charge in [-0.05, 0) is 47.8 Å². The van der Waals surface area contributed by atoms with Gasteiger partial charge in [0.25, 0.3) is 0 Å². The number of anilines is 1. The van der Waals surface area contributed by atoms with Crippen LogP contribution in [-0.4, -0.2) is 19.4 Å². The lowest BCUT2D eigenvalue weighted by Crippen LogP contribution is -2.25. The van der Waals surface area contributed by atoms with Gasteiger partial charge in [0, 0.05) is 17.1 Å². The number of rotatable bonds is 5. The minimum atomic E-state index is -0.149. The van der Waals surface area contributed by atoms with E-state index in [4.69, 9.17) is 9.47 Å². The zero-order valence-corrected chi connectivity index (χ0v) is 11.1. The minimum Gasteiger partial charge on any atom is -0.497 e. The minimum absolute atomic E-state index is 0.149. The van der Waals surface area contributed by atoms with Gasteiger partial charge in [-0.2, -0.15) is 0 Å². The second-order valence-corrected chi connectivity index (χ2v) is 4.75. The quantitative estimate of drug-likeness (QED) is 0.842. The summed E-state index contributed by atoms with van der Waals surface area (Å²) < 4.78 is 11.9. The standard InChI is InChI=1S/C12H16BrNO2/c1-3-16-12(6-7-12)14-11-8-9(15-2)4-5-10(11)13/h4-5,8,14H,3,6-7H2,1-2H3. The summed E-state index contributed by atoms with van der Waals surface area (Å²) in [4.78, 5) is 0. The monoisotopic (exact) mass is 285 g/mol. The second kappa shape index (κ2) is 4.63. The molecule has 0 bridgehead atoms. The molecule has 0 aromatic heterocycles. The Labute approximate surface area is 104 Å². The van der Waals surface area contributed by atoms with Crippen LogP contribution in [0, 0.1) is 0 Å². The molecule has 0 heterocycles. The van der Waals surface area contributed by atoms with E-state index in [0.717, 1.165) is 35.4 Å². The van der Waals surface area contributed by atoms with Crippen molar-refractivity contribution >= 4 is 21.6 Å². The number of nitrogens with one attached hydrogen (secondary N) is 1. The normalized spacial score (nSPS) is 16.9. The molecule has 0 atom stereocenters. The first-order valence-electron chi connectivity index (χ1n) is 5.45. The van der Waals surface area contributed by atoms with E-state index in [1.54, 1.807) is 7.11 Å². The molecule has 1 fully saturated rings. The number of benzene rings is 1. The third-order valence-corrected chi connectivity index (χ3v) is 3.35. The fourth-order valence-electron chi connectivity index (χ4n) is 1.67. The lowest BCUT2D eigenvalue weighted by Gasteiger charge is -2.20. The SMILES string of the molecule is CCOC1(Nc2cc(OC)ccc2Br)CC1. The molecule has 88 valence electrons. The van der Waals surface area contributed by atoms with Gasteiger partial charge in [-0.1, -0.05) is 0 Å². The van der Waals surface area contributed by atoms with Gasteiger partial charge < -0.3 is 14.8 Å². The smallest absolute Gasteiger partial charge is 0.139 e. The van der Waals surface area contributed by atoms with E-state index in [-0.39, 0.29) is 5.72 Å². The van der Waals surface area contributed by atoms with E-state index in [1.807, 2.05) is 25.1 Å². The Kier molecular flexibility index (Phi) is 3.40. The molecule has 0 spiro atoms. The van der Waals surface area contributed by atoms with Gasteiger partial charge in [-0.3, -0.25) is 0 Å². The molecule has 1 aliphatic rings. The van der Waals surface area contributed by atoms with Gasteiger partial charge in [0.1, 0.15) is 11.5 Å². The number of ether oxygens (including phenoxy) is 2. The maximum absolute atomic E-state index is 5.70. The first-order valence-corrected chi connectivity index (χ1v) is 6.24. The number of hydrogen-bond donors (Lipinski definition) is 1. The van der Waals surface area contributed by atoms with E-state index < -0.39 is 0 Å². The van der Waals surface area contributed by atoms with Crippen LogP contribution in [-0.2, 0) is 4.74 Å². The van der Waals surface area contributed by atoms with Gasteiger partial charge in [0.2, 0.25) is 0 Å². The van der Waals surface area contributed by atoms with Crippen LogP contribution in [0.3, 0.4) is 0 Å². The van der Waals surface area contributed by atoms with E-state index >= 15 is 0 Å². The van der Waals surface area contributed by atoms with Gasteiger partial charge in [0.05, 0.1) is 12.8 Å². The molecule has 1 aromatic carbocycles. The third kappa shape index (κ3) is 2.50. The first kappa shape index (κ1) is 11.7. The Morgan fingerprint density at radius 1 is 1.44 bits per heavy atom. The maximum Gasteiger partial charge on any atom is 0.139 e. The highest BCUT2D eigenvalue weighted by molar-refractivity contribution is 9.10. The summed E-state index contributed by atoms with van der Waals surface area (Å²) >= 11 is 3.52. The number of methoxy groups -OCH3 is 1. The van der Waals surface area contributed by atoms with Crippen molar-refractivity contribution in [2.24, 2.45) is 0 Å². The molecular formula is C12H16BrNO2. The molecule has 1 N–H and O–H groups in total. The predicted molar refractivity (Wildman–Crippen MR) is 67.9 cm³/mol. The molecule has 0 aliphatic heterocycles. The molecule has 1 aliphatic carbocycles. The maximum atomic E-state index is 5.70. The highest BCUT2D eigenvalue weighted by Gasteiger charge is 2.44. The van der Waals surface area contributed by atoms with Crippen LogP contribution in [0.25, 0.3) is 0 Å². The molecular weight excluding hydrogens is 270 g/mol. The van der Waals surface area contributed by atoms with Crippen molar-refractivity contribution in [3.05, 3.63) is 22.7 Å². The van der Waals surface area contributed by atoms with Gasteiger partial charge >= 0.3 is 0 Å². The molecule has 1 saturated carbocycles. The van der Waals surface area contributed by atoms with Gasteiger partial charge in [-0.15, -0.1) is 0 Å². The van der Waals surface area contributed by atoms with Crippen LogP contribution < -0.4 is 10.1 Å². The fourth-order valence-corrected chi connectivity index (χ4v) is 2.01. The molecule has 1 aromatic rings. The van der Waals surface area contributed by atoms with E-state index in [0.29, 0.717) is 0 Å². The van der Waals surface area contributed by atoms with Crippen LogP contribution in [0.4, 0.5) is 5.69 Å². The predicted octanol–water partition coefficient (Wildman–Crippen LogP) is 3.40. The Morgan fingerprint density at radius 2 is 2.19 bits per heavy atom. The summed E-state index contributed by atoms with van der Waals surface area (Å²) in [6.45, 7) is 2.75. The first-order chi connectivity index (χ1) is 7.69. The number of halogens is 1. The van der Waals surface area contributed by atoms with Crippen LogP contribution in [0.15, 0.2) is 22.7 Å². The van der Waals surface area contributed by atoms with E-state index in [1.165, 1.54) is 0 Å². The lowest BCUT2D eigenvalue weighted by atomic mass is 10.3. The summed E-state index contributed by atoms with van der Waals surface area (Å²) in [5.74, 6) is 0.845.